The lowest BCUT2D eigenvalue weighted by Crippen LogP contribution is -2.22. The molecular weight excluding hydrogens is 416 g/mol. The van der Waals surface area contributed by atoms with E-state index in [1.165, 1.54) is 25.7 Å². The fraction of sp³-hybridized carbons (Fsp3) is 0.370. The second-order valence-corrected chi connectivity index (χ2v) is 8.00. The average Bonchev–Trinajstić information content (AvgIpc) is 2.82. The first-order valence-corrected chi connectivity index (χ1v) is 11.7. The molecule has 2 amide bonds. The van der Waals surface area contributed by atoms with Crippen LogP contribution in [-0.4, -0.2) is 29.4 Å². The molecular formula is C27H34N2O4. The van der Waals surface area contributed by atoms with Gasteiger partial charge in [0.2, 0.25) is 11.8 Å². The Morgan fingerprint density at radius 2 is 1.45 bits per heavy atom. The number of aliphatic carboxylic acids is 1. The quantitative estimate of drug-likeness (QED) is 0.265. The molecule has 0 fully saturated rings. The van der Waals surface area contributed by atoms with Crippen LogP contribution in [0.1, 0.15) is 69.4 Å². The predicted molar refractivity (Wildman–Crippen MR) is 132 cm³/mol. The normalized spacial score (nSPS) is 11.1. The number of nitrogens with one attached hydrogen (secondary N) is 2. The summed E-state index contributed by atoms with van der Waals surface area (Å²) in [4.78, 5) is 35.1. The minimum absolute atomic E-state index is 0.0783. The van der Waals surface area contributed by atoms with E-state index in [2.05, 4.69) is 17.6 Å². The van der Waals surface area contributed by atoms with Crippen LogP contribution < -0.4 is 10.6 Å². The zero-order chi connectivity index (χ0) is 23.9. The highest BCUT2D eigenvalue weighted by Gasteiger charge is 2.10. The average molecular weight is 451 g/mol. The second-order valence-electron chi connectivity index (χ2n) is 8.00. The molecule has 2 aromatic carbocycles. The van der Waals surface area contributed by atoms with Gasteiger partial charge in [0.15, 0.2) is 0 Å². The van der Waals surface area contributed by atoms with Crippen LogP contribution in [0, 0.1) is 0 Å². The summed E-state index contributed by atoms with van der Waals surface area (Å²) in [6.07, 6.45) is 8.36. The number of carbonyl (C=O) groups excluding carboxylic acids is 2. The van der Waals surface area contributed by atoms with Gasteiger partial charge in [-0.3, -0.25) is 14.4 Å². The first-order chi connectivity index (χ1) is 16.0. The van der Waals surface area contributed by atoms with Crippen LogP contribution in [0.3, 0.4) is 0 Å². The third-order valence-electron chi connectivity index (χ3n) is 5.24. The van der Waals surface area contributed by atoms with Gasteiger partial charge >= 0.3 is 5.97 Å². The van der Waals surface area contributed by atoms with Crippen LogP contribution in [0.4, 0.5) is 5.69 Å². The maximum absolute atomic E-state index is 12.6. The summed E-state index contributed by atoms with van der Waals surface area (Å²) in [6.45, 7) is 2.85. The summed E-state index contributed by atoms with van der Waals surface area (Å²) in [5.41, 5.74) is 3.14. The molecule has 3 N–H and O–H groups in total. The van der Waals surface area contributed by atoms with Crippen LogP contribution in [0.5, 0.6) is 0 Å². The summed E-state index contributed by atoms with van der Waals surface area (Å²) in [5.74, 6) is -1.49. The zero-order valence-corrected chi connectivity index (χ0v) is 19.3. The van der Waals surface area contributed by atoms with Crippen LogP contribution in [0.25, 0.3) is 5.57 Å². The molecule has 0 bridgehead atoms. The van der Waals surface area contributed by atoms with Crippen molar-refractivity contribution in [3.63, 3.8) is 0 Å². The van der Waals surface area contributed by atoms with Crippen molar-refractivity contribution < 1.29 is 19.5 Å². The zero-order valence-electron chi connectivity index (χ0n) is 19.3. The molecule has 176 valence electrons. The number of anilines is 1. The maximum atomic E-state index is 12.6. The maximum Gasteiger partial charge on any atom is 0.303 e. The third-order valence-corrected chi connectivity index (χ3v) is 5.24. The Hall–Kier alpha value is -3.41. The van der Waals surface area contributed by atoms with Gasteiger partial charge in [-0.1, -0.05) is 81.5 Å². The van der Waals surface area contributed by atoms with E-state index >= 15 is 0 Å². The van der Waals surface area contributed by atoms with Crippen molar-refractivity contribution >= 4 is 29.0 Å². The summed E-state index contributed by atoms with van der Waals surface area (Å²) >= 11 is 0. The van der Waals surface area contributed by atoms with Gasteiger partial charge < -0.3 is 15.7 Å². The van der Waals surface area contributed by atoms with E-state index in [9.17, 15) is 14.4 Å². The molecule has 33 heavy (non-hydrogen) atoms. The van der Waals surface area contributed by atoms with Crippen molar-refractivity contribution in [3.8, 4) is 0 Å². The predicted octanol–water partition coefficient (Wildman–Crippen LogP) is 5.40. The van der Waals surface area contributed by atoms with Gasteiger partial charge in [-0.2, -0.15) is 0 Å². The molecule has 0 aliphatic heterocycles. The van der Waals surface area contributed by atoms with Crippen LogP contribution >= 0.6 is 0 Å². The fourth-order valence-electron chi connectivity index (χ4n) is 3.43. The lowest BCUT2D eigenvalue weighted by Gasteiger charge is -2.11. The number of carboxylic acid groups (broad SMARTS) is 1. The first kappa shape index (κ1) is 25.8. The Morgan fingerprint density at radius 3 is 2.12 bits per heavy atom. The van der Waals surface area contributed by atoms with Crippen molar-refractivity contribution in [1.29, 1.82) is 0 Å². The highest BCUT2D eigenvalue weighted by Crippen LogP contribution is 2.24. The number of hydrogen-bond acceptors (Lipinski definition) is 3. The Kier molecular flexibility index (Phi) is 11.4. The standard InChI is InChI=1S/C27H34N2O4/c1-2-3-4-5-6-10-19-28-26(31)20-24(21-11-8-7-9-12-21)22-13-15-23(16-14-22)29-25(30)17-18-27(32)33/h7-9,11-16,20H,2-6,10,17-19H2,1H3,(H,28,31)(H,29,30)(H,32,33)/b24-20-. The highest BCUT2D eigenvalue weighted by atomic mass is 16.4. The minimum atomic E-state index is -1.01. The molecule has 2 aromatic rings. The monoisotopic (exact) mass is 450 g/mol. The van der Waals surface area contributed by atoms with Gasteiger partial charge in [-0.25, -0.2) is 0 Å². The highest BCUT2D eigenvalue weighted by molar-refractivity contribution is 5.99. The van der Waals surface area contributed by atoms with Gasteiger partial charge in [-0.05, 0) is 35.3 Å². The van der Waals surface area contributed by atoms with E-state index in [1.54, 1.807) is 18.2 Å². The summed E-state index contributed by atoms with van der Waals surface area (Å²) in [7, 11) is 0. The number of amides is 2. The number of carboxylic acids is 1. The molecule has 0 atom stereocenters. The number of unbranched alkanes of at least 4 members (excludes halogenated alkanes) is 5. The number of rotatable bonds is 14. The van der Waals surface area contributed by atoms with Crippen molar-refractivity contribution in [2.24, 2.45) is 0 Å². The molecule has 0 saturated heterocycles. The van der Waals surface area contributed by atoms with E-state index in [1.807, 2.05) is 42.5 Å². The molecule has 0 aliphatic rings. The first-order valence-electron chi connectivity index (χ1n) is 11.7. The van der Waals surface area contributed by atoms with Crippen molar-refractivity contribution in [1.82, 2.24) is 5.32 Å². The number of carbonyl (C=O) groups is 3. The summed E-state index contributed by atoms with van der Waals surface area (Å²) in [5, 5.41) is 14.4. The van der Waals surface area contributed by atoms with Gasteiger partial charge in [0, 0.05) is 24.7 Å². The molecule has 0 saturated carbocycles. The van der Waals surface area contributed by atoms with E-state index < -0.39 is 5.97 Å². The van der Waals surface area contributed by atoms with Gasteiger partial charge in [-0.15, -0.1) is 0 Å². The topological polar surface area (TPSA) is 95.5 Å². The Labute approximate surface area is 196 Å². The molecule has 2 rings (SSSR count). The molecule has 6 heteroatoms. The Balaban J connectivity index is 2.03. The fourth-order valence-corrected chi connectivity index (χ4v) is 3.43. The van der Waals surface area contributed by atoms with E-state index in [0.717, 1.165) is 29.5 Å². The molecule has 0 spiro atoms. The molecule has 0 heterocycles. The van der Waals surface area contributed by atoms with E-state index in [4.69, 9.17) is 5.11 Å². The summed E-state index contributed by atoms with van der Waals surface area (Å²) in [6, 6.07) is 16.9. The van der Waals surface area contributed by atoms with Crippen molar-refractivity contribution in [3.05, 3.63) is 71.8 Å². The molecule has 0 unspecified atom stereocenters. The van der Waals surface area contributed by atoms with Gasteiger partial charge in [0.1, 0.15) is 0 Å². The van der Waals surface area contributed by atoms with Gasteiger partial charge in [0.25, 0.3) is 0 Å². The van der Waals surface area contributed by atoms with Crippen LogP contribution in [-0.2, 0) is 14.4 Å². The van der Waals surface area contributed by atoms with E-state index in [-0.39, 0.29) is 24.7 Å². The number of benzene rings is 2. The molecule has 6 nitrogen and oxygen atoms in total. The smallest absolute Gasteiger partial charge is 0.303 e. The molecule has 0 aliphatic carbocycles. The van der Waals surface area contributed by atoms with E-state index in [0.29, 0.717) is 12.2 Å². The number of hydrogen-bond donors (Lipinski definition) is 3. The van der Waals surface area contributed by atoms with Crippen LogP contribution in [0.2, 0.25) is 0 Å². The third kappa shape index (κ3) is 10.2. The Morgan fingerprint density at radius 1 is 0.818 bits per heavy atom. The molecule has 0 radical (unpaired) electrons. The summed E-state index contributed by atoms with van der Waals surface area (Å²) < 4.78 is 0. The van der Waals surface area contributed by atoms with Crippen molar-refractivity contribution in [2.45, 2.75) is 58.3 Å². The van der Waals surface area contributed by atoms with Crippen molar-refractivity contribution in [2.75, 3.05) is 11.9 Å². The lowest BCUT2D eigenvalue weighted by atomic mass is 9.97. The molecule has 0 aromatic heterocycles. The Bertz CT molecular complexity index is 921. The largest absolute Gasteiger partial charge is 0.481 e. The van der Waals surface area contributed by atoms with Crippen LogP contribution in [0.15, 0.2) is 60.7 Å². The van der Waals surface area contributed by atoms with Gasteiger partial charge in [0.05, 0.1) is 6.42 Å². The second kappa shape index (κ2) is 14.6. The SMILES string of the molecule is CCCCCCCCNC(=O)/C=C(/c1ccccc1)c1ccc(NC(=O)CCC(=O)O)cc1. The lowest BCUT2D eigenvalue weighted by molar-refractivity contribution is -0.138. The minimum Gasteiger partial charge on any atom is -0.481 e.